The first-order valence-electron chi connectivity index (χ1n) is 14.3. The van der Waals surface area contributed by atoms with Crippen molar-refractivity contribution in [3.63, 3.8) is 0 Å². The predicted octanol–water partition coefficient (Wildman–Crippen LogP) is -0.262. The highest BCUT2D eigenvalue weighted by Gasteiger charge is 2.61. The fraction of sp³-hybridized carbons (Fsp3) is 0.536. The number of ketones is 2. The van der Waals surface area contributed by atoms with Crippen LogP contribution in [0.5, 0.6) is 5.75 Å². The average Bonchev–Trinajstić information content (AvgIpc) is 2.96. The van der Waals surface area contributed by atoms with Gasteiger partial charge in [-0.25, -0.2) is 0 Å². The van der Waals surface area contributed by atoms with Crippen molar-refractivity contribution in [2.75, 3.05) is 40.4 Å². The number of carbonyl (C=O) groups excluding carboxylic acids is 3. The Morgan fingerprint density at radius 1 is 1.11 bits per heavy atom. The number of aliphatic hydroxyl groups excluding tert-OH is 3. The molecule has 0 aromatic heterocycles. The molecular formula is C28H37N5O14. The van der Waals surface area contributed by atoms with E-state index in [4.69, 9.17) is 0 Å². The number of hydrogen-bond acceptors (Lipinski definition) is 16. The van der Waals surface area contributed by atoms with Gasteiger partial charge in [0.25, 0.3) is 16.1 Å². The second kappa shape index (κ2) is 14.7. The van der Waals surface area contributed by atoms with Crippen molar-refractivity contribution in [3.05, 3.63) is 72.7 Å². The summed E-state index contributed by atoms with van der Waals surface area (Å²) >= 11 is 0. The van der Waals surface area contributed by atoms with E-state index in [2.05, 4.69) is 15.0 Å². The molecule has 0 radical (unpaired) electrons. The SMILES string of the molecule is CC(NC(=O)C1=C(O)[C@@H](N(C)C)[C@@H]2[C@@H](O)C[C@@H](C)c3cccc(O)c3C(=O)/C=C(\O)[C@]2(O)C1=O)N(CCO[N+](=O)[O-])CCO[N+](=O)[O-]. The van der Waals surface area contributed by atoms with Crippen LogP contribution in [-0.2, 0) is 19.3 Å². The van der Waals surface area contributed by atoms with Crippen LogP contribution in [0.25, 0.3) is 0 Å². The molecule has 3 rings (SSSR count). The number of likely N-dealkylation sites (N-methyl/N-ethyl adjacent to an activating group) is 1. The van der Waals surface area contributed by atoms with Crippen LogP contribution in [0.15, 0.2) is 41.4 Å². The summed E-state index contributed by atoms with van der Waals surface area (Å²) in [4.78, 5) is 73.3. The molecule has 19 nitrogen and oxygen atoms in total. The van der Waals surface area contributed by atoms with Crippen molar-refractivity contribution < 1.29 is 59.8 Å². The second-order valence-electron chi connectivity index (χ2n) is 11.4. The Morgan fingerprint density at radius 3 is 2.21 bits per heavy atom. The molecule has 0 spiro atoms. The van der Waals surface area contributed by atoms with Crippen LogP contribution in [0.3, 0.4) is 0 Å². The number of aromatic hydroxyl groups is 1. The molecule has 47 heavy (non-hydrogen) atoms. The summed E-state index contributed by atoms with van der Waals surface area (Å²) < 4.78 is 0. The number of Topliss-reactive ketones (excluding diaryl/α,β-unsaturated/α-hetero) is 1. The van der Waals surface area contributed by atoms with Gasteiger partial charge in [-0.1, -0.05) is 19.1 Å². The summed E-state index contributed by atoms with van der Waals surface area (Å²) in [5, 5.41) is 78.0. The van der Waals surface area contributed by atoms with Gasteiger partial charge >= 0.3 is 0 Å². The number of benzene rings is 1. The van der Waals surface area contributed by atoms with Crippen molar-refractivity contribution >= 4 is 17.5 Å². The molecule has 6 atom stereocenters. The molecule has 0 saturated carbocycles. The first-order chi connectivity index (χ1) is 21.9. The van der Waals surface area contributed by atoms with E-state index >= 15 is 0 Å². The lowest BCUT2D eigenvalue weighted by Gasteiger charge is -2.47. The van der Waals surface area contributed by atoms with Crippen molar-refractivity contribution in [1.82, 2.24) is 15.1 Å². The van der Waals surface area contributed by atoms with Crippen molar-refractivity contribution in [3.8, 4) is 5.75 Å². The lowest BCUT2D eigenvalue weighted by Crippen LogP contribution is -2.65. The highest BCUT2D eigenvalue weighted by molar-refractivity contribution is 6.24. The van der Waals surface area contributed by atoms with Crippen molar-refractivity contribution in [1.29, 1.82) is 0 Å². The minimum Gasteiger partial charge on any atom is -0.510 e. The van der Waals surface area contributed by atoms with Gasteiger partial charge in [-0.05, 0) is 45.0 Å². The van der Waals surface area contributed by atoms with Crippen LogP contribution < -0.4 is 5.32 Å². The van der Waals surface area contributed by atoms with Gasteiger partial charge in [0.2, 0.25) is 5.78 Å². The van der Waals surface area contributed by atoms with E-state index < -0.39 is 99.5 Å². The minimum atomic E-state index is -3.15. The summed E-state index contributed by atoms with van der Waals surface area (Å²) in [5.41, 5.74) is -4.10. The number of allylic oxidation sites excluding steroid dienone is 1. The zero-order valence-electron chi connectivity index (χ0n) is 25.9. The highest BCUT2D eigenvalue weighted by atomic mass is 17.0. The van der Waals surface area contributed by atoms with E-state index in [1.54, 1.807) is 6.92 Å². The van der Waals surface area contributed by atoms with Crippen molar-refractivity contribution in [2.45, 2.75) is 50.1 Å². The number of hydrogen-bond donors (Lipinski definition) is 6. The largest absolute Gasteiger partial charge is 0.510 e. The number of nitrogens with one attached hydrogen (secondary N) is 1. The van der Waals surface area contributed by atoms with Gasteiger partial charge in [-0.2, -0.15) is 0 Å². The topological polar surface area (TPSA) is 276 Å². The number of rotatable bonds is 12. The van der Waals surface area contributed by atoms with Gasteiger partial charge < -0.3 is 40.5 Å². The molecule has 0 fully saturated rings. The highest BCUT2D eigenvalue weighted by Crippen LogP contribution is 2.45. The van der Waals surface area contributed by atoms with E-state index in [-0.39, 0.29) is 25.1 Å². The number of fused-ring (bicyclic) bond motifs is 2. The van der Waals surface area contributed by atoms with Gasteiger partial charge in [-0.3, -0.25) is 24.2 Å². The van der Waals surface area contributed by atoms with Crippen LogP contribution in [0.4, 0.5) is 0 Å². The zero-order chi connectivity index (χ0) is 35.4. The van der Waals surface area contributed by atoms with Gasteiger partial charge in [0, 0.05) is 19.2 Å². The molecule has 2 aliphatic carbocycles. The molecule has 0 bridgehead atoms. The van der Waals surface area contributed by atoms with Crippen molar-refractivity contribution in [2.24, 2.45) is 5.92 Å². The molecule has 0 saturated heterocycles. The standard InChI is InChI=1S/C28H37N5O14/c1-14-12-19(36)23-24(30(3)4)25(38)22(27(40)29-15(2)31(8-10-46-32(42)43)9-11-47-33(44)45)26(39)28(23,41)20(37)13-18(35)21-16(14)6-5-7-17(21)34/h5-7,13-15,19,23-24,34,36-38,41H,8-12H2,1-4H3,(H,29,40)/b20-13-/t14-,15?,19+,23+,24+,28-/m1/s1. The number of amides is 1. The molecule has 258 valence electrons. The minimum absolute atomic E-state index is 0.221. The fourth-order valence-electron chi connectivity index (χ4n) is 6.06. The molecule has 1 aromatic rings. The number of aliphatic hydroxyl groups is 4. The predicted molar refractivity (Wildman–Crippen MR) is 158 cm³/mol. The van der Waals surface area contributed by atoms with E-state index in [1.807, 2.05) is 0 Å². The third-order valence-electron chi connectivity index (χ3n) is 8.27. The molecule has 0 aliphatic heterocycles. The lowest BCUT2D eigenvalue weighted by molar-refractivity contribution is -0.758. The van der Waals surface area contributed by atoms with E-state index in [0.717, 1.165) is 0 Å². The van der Waals surface area contributed by atoms with Crippen LogP contribution in [0.1, 0.15) is 42.1 Å². The number of phenolic OH excluding ortho intramolecular Hbond substituents is 1. The van der Waals surface area contributed by atoms with Crippen LogP contribution in [0, 0.1) is 26.1 Å². The van der Waals surface area contributed by atoms with Gasteiger partial charge in [0.15, 0.2) is 11.4 Å². The molecule has 0 heterocycles. The Balaban J connectivity index is 2.09. The molecule has 19 heteroatoms. The smallest absolute Gasteiger partial charge is 0.294 e. The number of phenols is 1. The summed E-state index contributed by atoms with van der Waals surface area (Å²) in [6.45, 7) is 1.40. The summed E-state index contributed by atoms with van der Waals surface area (Å²) in [5.74, 6) is -8.79. The van der Waals surface area contributed by atoms with Crippen LogP contribution >= 0.6 is 0 Å². The van der Waals surface area contributed by atoms with Gasteiger partial charge in [-0.15, -0.1) is 20.2 Å². The number of carbonyl (C=O) groups is 3. The summed E-state index contributed by atoms with van der Waals surface area (Å²) in [7, 11) is 2.83. The zero-order valence-corrected chi connectivity index (χ0v) is 25.9. The average molecular weight is 668 g/mol. The third-order valence-corrected chi connectivity index (χ3v) is 8.27. The van der Waals surface area contributed by atoms with Crippen LogP contribution in [0.2, 0.25) is 0 Å². The third kappa shape index (κ3) is 7.59. The normalized spacial score (nSPS) is 26.5. The van der Waals surface area contributed by atoms with Crippen LogP contribution in [-0.4, -0.2) is 127 Å². The fourth-order valence-corrected chi connectivity index (χ4v) is 6.06. The molecule has 2 aliphatic rings. The second-order valence-corrected chi connectivity index (χ2v) is 11.4. The maximum absolute atomic E-state index is 14.0. The van der Waals surface area contributed by atoms with E-state index in [0.29, 0.717) is 11.6 Å². The number of nitrogens with zero attached hydrogens (tertiary/aromatic N) is 4. The molecule has 1 amide bonds. The maximum Gasteiger partial charge on any atom is 0.294 e. The van der Waals surface area contributed by atoms with E-state index in [1.165, 1.54) is 49.0 Å². The molecule has 1 unspecified atom stereocenters. The molecule has 1 aromatic carbocycles. The Morgan fingerprint density at radius 2 is 1.68 bits per heavy atom. The Hall–Kier alpha value is -4.85. The Kier molecular flexibility index (Phi) is 11.5. The van der Waals surface area contributed by atoms with Gasteiger partial charge in [0.05, 0.1) is 29.8 Å². The maximum atomic E-state index is 14.0. The Bertz CT molecular complexity index is 1460. The first kappa shape index (κ1) is 36.6. The Labute approximate surface area is 267 Å². The molecule has 6 N–H and O–H groups in total. The first-order valence-corrected chi connectivity index (χ1v) is 14.3. The molecular weight excluding hydrogens is 630 g/mol. The lowest BCUT2D eigenvalue weighted by atomic mass is 9.65. The summed E-state index contributed by atoms with van der Waals surface area (Å²) in [6, 6.07) is 2.76. The quantitative estimate of drug-likeness (QED) is 0.0725. The van der Waals surface area contributed by atoms with Gasteiger partial charge in [0.1, 0.15) is 36.1 Å². The summed E-state index contributed by atoms with van der Waals surface area (Å²) in [6.07, 6.45) is -2.50. The monoisotopic (exact) mass is 667 g/mol. The van der Waals surface area contributed by atoms with E-state index in [9.17, 15) is 60.1 Å².